The molecule has 0 amide bonds. The Morgan fingerprint density at radius 1 is 0.882 bits per heavy atom. The molecule has 17 heavy (non-hydrogen) atoms. The van der Waals surface area contributed by atoms with Gasteiger partial charge >= 0.3 is 0 Å². The molecule has 0 saturated carbocycles. The van der Waals surface area contributed by atoms with Crippen LogP contribution in [0, 0.1) is 0 Å². The van der Waals surface area contributed by atoms with Crippen LogP contribution in [0.4, 0.5) is 0 Å². The first kappa shape index (κ1) is 16.9. The zero-order valence-electron chi connectivity index (χ0n) is 12.4. The largest absolute Gasteiger partial charge is 0.376 e. The molecule has 0 aliphatic rings. The average Bonchev–Trinajstić information content (AvgIpc) is 2.26. The molecule has 3 heteroatoms. The minimum Gasteiger partial charge on any atom is -0.376 e. The minimum atomic E-state index is -0.133. The zero-order chi connectivity index (χ0) is 13.3. The van der Waals surface area contributed by atoms with Crippen molar-refractivity contribution in [1.29, 1.82) is 0 Å². The third-order valence-corrected chi connectivity index (χ3v) is 2.82. The number of rotatable bonds is 10. The summed E-state index contributed by atoms with van der Waals surface area (Å²) < 4.78 is 17.1. The highest BCUT2D eigenvalue weighted by molar-refractivity contribution is 4.78. The molecule has 0 unspecified atom stereocenters. The second kappa shape index (κ2) is 8.90. The van der Waals surface area contributed by atoms with Crippen LogP contribution in [-0.4, -0.2) is 37.6 Å². The Hall–Kier alpha value is -0.120. The second-order valence-electron chi connectivity index (χ2n) is 5.03. The van der Waals surface area contributed by atoms with Crippen molar-refractivity contribution in [3.05, 3.63) is 0 Å². The lowest BCUT2D eigenvalue weighted by atomic mass is 9.98. The third-order valence-electron chi connectivity index (χ3n) is 2.82. The molecule has 0 atom stereocenters. The fraction of sp³-hybridized carbons (Fsp3) is 1.00. The summed E-state index contributed by atoms with van der Waals surface area (Å²) in [5.74, 6) is 0. The molecular weight excluding hydrogens is 216 g/mol. The SMILES string of the molecule is CCC(CC)(COCCOC(C)C)OC(C)C. The fourth-order valence-corrected chi connectivity index (χ4v) is 1.76. The van der Waals surface area contributed by atoms with Crippen molar-refractivity contribution < 1.29 is 14.2 Å². The number of hydrogen-bond acceptors (Lipinski definition) is 3. The lowest BCUT2D eigenvalue weighted by Crippen LogP contribution is -2.39. The molecule has 0 aromatic carbocycles. The van der Waals surface area contributed by atoms with Crippen LogP contribution in [0.5, 0.6) is 0 Å². The van der Waals surface area contributed by atoms with E-state index in [-0.39, 0.29) is 17.8 Å². The predicted molar refractivity (Wildman–Crippen MR) is 71.4 cm³/mol. The molecule has 3 nitrogen and oxygen atoms in total. The van der Waals surface area contributed by atoms with E-state index in [2.05, 4.69) is 27.7 Å². The van der Waals surface area contributed by atoms with E-state index in [1.54, 1.807) is 0 Å². The molecule has 0 fully saturated rings. The highest BCUT2D eigenvalue weighted by Gasteiger charge is 2.28. The number of hydrogen-bond donors (Lipinski definition) is 0. The van der Waals surface area contributed by atoms with E-state index in [0.717, 1.165) is 12.8 Å². The van der Waals surface area contributed by atoms with Crippen LogP contribution in [0.15, 0.2) is 0 Å². The maximum Gasteiger partial charge on any atom is 0.0913 e. The van der Waals surface area contributed by atoms with E-state index in [4.69, 9.17) is 14.2 Å². The van der Waals surface area contributed by atoms with Gasteiger partial charge in [-0.15, -0.1) is 0 Å². The van der Waals surface area contributed by atoms with Crippen molar-refractivity contribution in [2.75, 3.05) is 19.8 Å². The summed E-state index contributed by atoms with van der Waals surface area (Å²) in [6, 6.07) is 0. The Morgan fingerprint density at radius 2 is 1.47 bits per heavy atom. The van der Waals surface area contributed by atoms with Gasteiger partial charge in [0.2, 0.25) is 0 Å². The Kier molecular flexibility index (Phi) is 8.83. The molecule has 0 saturated heterocycles. The van der Waals surface area contributed by atoms with E-state index in [0.29, 0.717) is 19.8 Å². The van der Waals surface area contributed by atoms with Gasteiger partial charge in [0.1, 0.15) is 0 Å². The van der Waals surface area contributed by atoms with Crippen molar-refractivity contribution in [1.82, 2.24) is 0 Å². The van der Waals surface area contributed by atoms with Gasteiger partial charge in [-0.25, -0.2) is 0 Å². The van der Waals surface area contributed by atoms with Gasteiger partial charge in [0, 0.05) is 0 Å². The first-order chi connectivity index (χ1) is 7.95. The Labute approximate surface area is 107 Å². The van der Waals surface area contributed by atoms with Crippen molar-refractivity contribution in [2.45, 2.75) is 72.2 Å². The third kappa shape index (κ3) is 7.74. The topological polar surface area (TPSA) is 27.7 Å². The molecular formula is C14H30O3. The Bertz CT molecular complexity index is 174. The van der Waals surface area contributed by atoms with Gasteiger partial charge in [-0.3, -0.25) is 0 Å². The van der Waals surface area contributed by atoms with E-state index < -0.39 is 0 Å². The smallest absolute Gasteiger partial charge is 0.0913 e. The van der Waals surface area contributed by atoms with Gasteiger partial charge in [-0.05, 0) is 40.5 Å². The summed E-state index contributed by atoms with van der Waals surface area (Å²) in [5.41, 5.74) is -0.133. The normalized spacial score (nSPS) is 12.7. The van der Waals surface area contributed by atoms with Crippen LogP contribution in [0.3, 0.4) is 0 Å². The summed E-state index contributed by atoms with van der Waals surface area (Å²) in [6.07, 6.45) is 2.47. The molecule has 0 aromatic heterocycles. The van der Waals surface area contributed by atoms with Gasteiger partial charge in [-0.2, -0.15) is 0 Å². The summed E-state index contributed by atoms with van der Waals surface area (Å²) >= 11 is 0. The van der Waals surface area contributed by atoms with Crippen LogP contribution in [0.1, 0.15) is 54.4 Å². The Balaban J connectivity index is 3.92. The van der Waals surface area contributed by atoms with E-state index in [1.165, 1.54) is 0 Å². The summed E-state index contributed by atoms with van der Waals surface area (Å²) in [7, 11) is 0. The van der Waals surface area contributed by atoms with Gasteiger partial charge < -0.3 is 14.2 Å². The zero-order valence-corrected chi connectivity index (χ0v) is 12.4. The molecule has 0 rings (SSSR count). The summed E-state index contributed by atoms with van der Waals surface area (Å²) in [6.45, 7) is 14.5. The summed E-state index contributed by atoms with van der Waals surface area (Å²) in [4.78, 5) is 0. The van der Waals surface area contributed by atoms with E-state index in [9.17, 15) is 0 Å². The maximum atomic E-state index is 6.00. The summed E-state index contributed by atoms with van der Waals surface area (Å²) in [5, 5.41) is 0. The first-order valence-corrected chi connectivity index (χ1v) is 6.83. The maximum absolute atomic E-state index is 6.00. The van der Waals surface area contributed by atoms with Crippen molar-refractivity contribution >= 4 is 0 Å². The molecule has 0 spiro atoms. The van der Waals surface area contributed by atoms with Gasteiger partial charge in [-0.1, -0.05) is 13.8 Å². The predicted octanol–water partition coefficient (Wildman–Crippen LogP) is 3.41. The standard InChI is InChI=1S/C14H30O3/c1-7-14(8-2,17-13(5)6)11-15-9-10-16-12(3)4/h12-13H,7-11H2,1-6H3. The number of ether oxygens (including phenoxy) is 3. The van der Waals surface area contributed by atoms with Gasteiger partial charge in [0.05, 0.1) is 37.6 Å². The van der Waals surface area contributed by atoms with Crippen LogP contribution >= 0.6 is 0 Å². The molecule has 0 bridgehead atoms. The fourth-order valence-electron chi connectivity index (χ4n) is 1.76. The first-order valence-electron chi connectivity index (χ1n) is 6.83. The van der Waals surface area contributed by atoms with Gasteiger partial charge in [0.15, 0.2) is 0 Å². The van der Waals surface area contributed by atoms with Crippen molar-refractivity contribution in [3.8, 4) is 0 Å². The minimum absolute atomic E-state index is 0.133. The molecule has 0 heterocycles. The van der Waals surface area contributed by atoms with Crippen LogP contribution in [0.2, 0.25) is 0 Å². The molecule has 0 aromatic rings. The lowest BCUT2D eigenvalue weighted by Gasteiger charge is -2.33. The van der Waals surface area contributed by atoms with E-state index >= 15 is 0 Å². The van der Waals surface area contributed by atoms with Gasteiger partial charge in [0.25, 0.3) is 0 Å². The molecule has 104 valence electrons. The molecule has 0 N–H and O–H groups in total. The monoisotopic (exact) mass is 246 g/mol. The second-order valence-corrected chi connectivity index (χ2v) is 5.03. The van der Waals surface area contributed by atoms with E-state index in [1.807, 2.05) is 13.8 Å². The quantitative estimate of drug-likeness (QED) is 0.553. The lowest BCUT2D eigenvalue weighted by molar-refractivity contribution is -0.131. The van der Waals surface area contributed by atoms with Crippen LogP contribution in [0.25, 0.3) is 0 Å². The molecule has 0 aliphatic heterocycles. The van der Waals surface area contributed by atoms with Crippen LogP contribution in [-0.2, 0) is 14.2 Å². The molecule has 0 aliphatic carbocycles. The molecule has 0 radical (unpaired) electrons. The van der Waals surface area contributed by atoms with Crippen LogP contribution < -0.4 is 0 Å². The average molecular weight is 246 g/mol. The van der Waals surface area contributed by atoms with Crippen molar-refractivity contribution in [3.63, 3.8) is 0 Å². The Morgan fingerprint density at radius 3 is 1.88 bits per heavy atom. The highest BCUT2D eigenvalue weighted by Crippen LogP contribution is 2.22. The van der Waals surface area contributed by atoms with Crippen molar-refractivity contribution in [2.24, 2.45) is 0 Å². The highest BCUT2D eigenvalue weighted by atomic mass is 16.6.